The number of aryl methyl sites for hydroxylation is 2. The number of methoxy groups -OCH3 is 1. The van der Waals surface area contributed by atoms with E-state index in [1.165, 1.54) is 0 Å². The van der Waals surface area contributed by atoms with Gasteiger partial charge in [0.25, 0.3) is 0 Å². The van der Waals surface area contributed by atoms with Crippen LogP contribution in [0.5, 0.6) is 0 Å². The molecule has 0 bridgehead atoms. The highest BCUT2D eigenvalue weighted by atomic mass is 16.5. The van der Waals surface area contributed by atoms with Crippen LogP contribution in [0.1, 0.15) is 11.4 Å². The van der Waals surface area contributed by atoms with Crippen LogP contribution in [-0.4, -0.2) is 37.8 Å². The molecule has 0 saturated heterocycles. The van der Waals surface area contributed by atoms with Crippen molar-refractivity contribution in [1.29, 1.82) is 0 Å². The van der Waals surface area contributed by atoms with Crippen molar-refractivity contribution in [2.45, 2.75) is 13.8 Å². The minimum atomic E-state index is -0.185. The molecule has 0 saturated carbocycles. The van der Waals surface area contributed by atoms with Crippen LogP contribution in [0.25, 0.3) is 0 Å². The Bertz CT molecular complexity index is 380. The average Bonchev–Trinajstić information content (AvgIpc) is 2.28. The van der Waals surface area contributed by atoms with Gasteiger partial charge in [-0.25, -0.2) is 0 Å². The number of hydrogen-bond acceptors (Lipinski definition) is 4. The molecule has 0 aliphatic carbocycles. The van der Waals surface area contributed by atoms with Crippen LogP contribution in [0.2, 0.25) is 0 Å². The summed E-state index contributed by atoms with van der Waals surface area (Å²) in [4.78, 5) is 15.8. The van der Waals surface area contributed by atoms with E-state index >= 15 is 0 Å². The standard InChI is InChI=1S/C12H18N2O3/c1-9-4-5-11(10(2)13-9)14-12(15)8-17-7-6-16-3/h4-5H,6-8H2,1-3H3,(H,14,15). The Labute approximate surface area is 101 Å². The van der Waals surface area contributed by atoms with E-state index in [0.29, 0.717) is 13.2 Å². The number of carbonyl (C=O) groups excluding carboxylic acids is 1. The van der Waals surface area contributed by atoms with Gasteiger partial charge in [-0.05, 0) is 26.0 Å². The van der Waals surface area contributed by atoms with Crippen LogP contribution >= 0.6 is 0 Å². The van der Waals surface area contributed by atoms with Gasteiger partial charge in [0.2, 0.25) is 5.91 Å². The number of ether oxygens (including phenoxy) is 2. The summed E-state index contributed by atoms with van der Waals surface area (Å²) in [7, 11) is 1.59. The van der Waals surface area contributed by atoms with Crippen LogP contribution in [0.3, 0.4) is 0 Å². The van der Waals surface area contributed by atoms with Crippen LogP contribution in [-0.2, 0) is 14.3 Å². The van der Waals surface area contributed by atoms with Crippen molar-refractivity contribution in [2.75, 3.05) is 32.2 Å². The lowest BCUT2D eigenvalue weighted by atomic mass is 10.3. The van der Waals surface area contributed by atoms with Crippen LogP contribution in [0.15, 0.2) is 12.1 Å². The second-order valence-electron chi connectivity index (χ2n) is 3.68. The van der Waals surface area contributed by atoms with E-state index in [0.717, 1.165) is 17.1 Å². The number of hydrogen-bond donors (Lipinski definition) is 1. The predicted molar refractivity (Wildman–Crippen MR) is 65.0 cm³/mol. The van der Waals surface area contributed by atoms with Crippen molar-refractivity contribution >= 4 is 11.6 Å². The van der Waals surface area contributed by atoms with E-state index in [-0.39, 0.29) is 12.5 Å². The summed E-state index contributed by atoms with van der Waals surface area (Å²) in [6, 6.07) is 3.69. The molecule has 1 rings (SSSR count). The highest BCUT2D eigenvalue weighted by Crippen LogP contribution is 2.12. The summed E-state index contributed by atoms with van der Waals surface area (Å²) in [5.74, 6) is -0.185. The summed E-state index contributed by atoms with van der Waals surface area (Å²) >= 11 is 0. The molecule has 1 N–H and O–H groups in total. The van der Waals surface area contributed by atoms with Gasteiger partial charge in [0.15, 0.2) is 0 Å². The SMILES string of the molecule is COCCOCC(=O)Nc1ccc(C)nc1C. The van der Waals surface area contributed by atoms with E-state index in [2.05, 4.69) is 10.3 Å². The third kappa shape index (κ3) is 4.93. The number of carbonyl (C=O) groups is 1. The summed E-state index contributed by atoms with van der Waals surface area (Å²) in [6.07, 6.45) is 0. The first kappa shape index (κ1) is 13.6. The van der Waals surface area contributed by atoms with E-state index < -0.39 is 0 Å². The normalized spacial score (nSPS) is 10.3. The first-order valence-electron chi connectivity index (χ1n) is 5.44. The number of rotatable bonds is 6. The minimum Gasteiger partial charge on any atom is -0.382 e. The summed E-state index contributed by atoms with van der Waals surface area (Å²) in [6.45, 7) is 4.69. The maximum Gasteiger partial charge on any atom is 0.250 e. The van der Waals surface area contributed by atoms with Gasteiger partial charge in [-0.3, -0.25) is 9.78 Å². The predicted octanol–water partition coefficient (Wildman–Crippen LogP) is 1.30. The molecule has 0 fully saturated rings. The summed E-state index contributed by atoms with van der Waals surface area (Å²) in [5.41, 5.74) is 2.45. The van der Waals surface area contributed by atoms with Crippen molar-refractivity contribution in [1.82, 2.24) is 4.98 Å². The number of aromatic nitrogens is 1. The van der Waals surface area contributed by atoms with Crippen molar-refractivity contribution in [3.05, 3.63) is 23.5 Å². The van der Waals surface area contributed by atoms with Crippen molar-refractivity contribution < 1.29 is 14.3 Å². The zero-order chi connectivity index (χ0) is 12.7. The zero-order valence-electron chi connectivity index (χ0n) is 10.4. The Morgan fingerprint density at radius 2 is 2.12 bits per heavy atom. The Morgan fingerprint density at radius 3 is 2.76 bits per heavy atom. The molecule has 5 nitrogen and oxygen atoms in total. The second kappa shape index (κ2) is 6.98. The molecular formula is C12H18N2O3. The van der Waals surface area contributed by atoms with E-state index in [1.807, 2.05) is 26.0 Å². The zero-order valence-corrected chi connectivity index (χ0v) is 10.4. The topological polar surface area (TPSA) is 60.5 Å². The van der Waals surface area contributed by atoms with Gasteiger partial charge < -0.3 is 14.8 Å². The van der Waals surface area contributed by atoms with Gasteiger partial charge in [0, 0.05) is 12.8 Å². The average molecular weight is 238 g/mol. The second-order valence-corrected chi connectivity index (χ2v) is 3.68. The van der Waals surface area contributed by atoms with Gasteiger partial charge in [0.05, 0.1) is 24.6 Å². The maximum absolute atomic E-state index is 11.5. The lowest BCUT2D eigenvalue weighted by Gasteiger charge is -2.08. The minimum absolute atomic E-state index is 0.0245. The van der Waals surface area contributed by atoms with Crippen LogP contribution in [0.4, 0.5) is 5.69 Å². The molecule has 1 aromatic rings. The third-order valence-corrected chi connectivity index (χ3v) is 2.16. The lowest BCUT2D eigenvalue weighted by Crippen LogP contribution is -2.20. The maximum atomic E-state index is 11.5. The van der Waals surface area contributed by atoms with Crippen molar-refractivity contribution in [3.8, 4) is 0 Å². The molecule has 17 heavy (non-hydrogen) atoms. The highest BCUT2D eigenvalue weighted by molar-refractivity contribution is 5.92. The van der Waals surface area contributed by atoms with Gasteiger partial charge in [-0.15, -0.1) is 0 Å². The molecule has 94 valence electrons. The number of amides is 1. The van der Waals surface area contributed by atoms with E-state index in [4.69, 9.17) is 9.47 Å². The van der Waals surface area contributed by atoms with E-state index in [9.17, 15) is 4.79 Å². The Kier molecular flexibility index (Phi) is 5.59. The van der Waals surface area contributed by atoms with Crippen molar-refractivity contribution in [2.24, 2.45) is 0 Å². The largest absolute Gasteiger partial charge is 0.382 e. The molecule has 1 aromatic heterocycles. The first-order valence-corrected chi connectivity index (χ1v) is 5.44. The molecule has 0 aliphatic rings. The fourth-order valence-corrected chi connectivity index (χ4v) is 1.31. The van der Waals surface area contributed by atoms with Gasteiger partial charge >= 0.3 is 0 Å². The molecular weight excluding hydrogens is 220 g/mol. The van der Waals surface area contributed by atoms with Crippen LogP contribution < -0.4 is 5.32 Å². The fraction of sp³-hybridized carbons (Fsp3) is 0.500. The molecule has 0 atom stereocenters. The third-order valence-electron chi connectivity index (χ3n) is 2.16. The molecule has 0 radical (unpaired) electrons. The first-order chi connectivity index (χ1) is 8.13. The molecule has 1 heterocycles. The summed E-state index contributed by atoms with van der Waals surface area (Å²) in [5, 5.41) is 2.75. The molecule has 0 unspecified atom stereocenters. The monoisotopic (exact) mass is 238 g/mol. The van der Waals surface area contributed by atoms with E-state index in [1.54, 1.807) is 7.11 Å². The number of nitrogens with one attached hydrogen (secondary N) is 1. The number of pyridine rings is 1. The lowest BCUT2D eigenvalue weighted by molar-refractivity contribution is -0.121. The quantitative estimate of drug-likeness (QED) is 0.759. The number of anilines is 1. The fourth-order valence-electron chi connectivity index (χ4n) is 1.31. The smallest absolute Gasteiger partial charge is 0.250 e. The Balaban J connectivity index is 2.40. The Morgan fingerprint density at radius 1 is 1.35 bits per heavy atom. The molecule has 0 aromatic carbocycles. The molecule has 1 amide bonds. The van der Waals surface area contributed by atoms with Gasteiger partial charge in [-0.2, -0.15) is 0 Å². The van der Waals surface area contributed by atoms with Crippen LogP contribution in [0, 0.1) is 13.8 Å². The Hall–Kier alpha value is -1.46. The highest BCUT2D eigenvalue weighted by Gasteiger charge is 2.05. The van der Waals surface area contributed by atoms with Gasteiger partial charge in [0.1, 0.15) is 6.61 Å². The molecule has 0 spiro atoms. The summed E-state index contributed by atoms with van der Waals surface area (Å²) < 4.78 is 9.92. The molecule has 5 heteroatoms. The number of nitrogens with zero attached hydrogens (tertiary/aromatic N) is 1. The molecule has 0 aliphatic heterocycles. The van der Waals surface area contributed by atoms with Crippen molar-refractivity contribution in [3.63, 3.8) is 0 Å². The van der Waals surface area contributed by atoms with Gasteiger partial charge in [-0.1, -0.05) is 0 Å².